The highest BCUT2D eigenvalue weighted by atomic mass is 35.5. The maximum absolute atomic E-state index is 12.2. The van der Waals surface area contributed by atoms with Gasteiger partial charge in [-0.3, -0.25) is 4.79 Å². The average molecular weight is 305 g/mol. The molecular formula is C16H17ClN2O2. The molecule has 0 saturated carbocycles. The molecule has 2 aromatic rings. The second-order valence-electron chi connectivity index (χ2n) is 4.73. The molecule has 1 amide bonds. The van der Waals surface area contributed by atoms with Crippen LogP contribution >= 0.6 is 11.6 Å². The molecule has 5 heteroatoms. The lowest BCUT2D eigenvalue weighted by Gasteiger charge is -2.16. The Morgan fingerprint density at radius 2 is 2.00 bits per heavy atom. The van der Waals surface area contributed by atoms with Crippen LogP contribution in [-0.4, -0.2) is 12.0 Å². The first-order chi connectivity index (χ1) is 9.97. The van der Waals surface area contributed by atoms with E-state index in [0.717, 1.165) is 5.56 Å². The SMILES string of the molecule is Cc1c(Cl)cccc1NC(=O)C(C)Oc1cccc(N)c1. The number of ether oxygens (including phenoxy) is 1. The molecule has 0 aliphatic heterocycles. The number of rotatable bonds is 4. The topological polar surface area (TPSA) is 64.3 Å². The van der Waals surface area contributed by atoms with E-state index in [2.05, 4.69) is 5.32 Å². The number of benzene rings is 2. The summed E-state index contributed by atoms with van der Waals surface area (Å²) in [6.45, 7) is 3.53. The van der Waals surface area contributed by atoms with Crippen molar-refractivity contribution in [2.24, 2.45) is 0 Å². The molecule has 0 aliphatic rings. The van der Waals surface area contributed by atoms with E-state index in [4.69, 9.17) is 22.1 Å². The molecule has 0 bridgehead atoms. The first-order valence-corrected chi connectivity index (χ1v) is 6.93. The van der Waals surface area contributed by atoms with Crippen LogP contribution in [0.4, 0.5) is 11.4 Å². The zero-order valence-electron chi connectivity index (χ0n) is 11.9. The van der Waals surface area contributed by atoms with Crippen LogP contribution in [0.1, 0.15) is 12.5 Å². The summed E-state index contributed by atoms with van der Waals surface area (Å²) in [6, 6.07) is 12.3. The quantitative estimate of drug-likeness (QED) is 0.848. The van der Waals surface area contributed by atoms with Gasteiger partial charge in [0.05, 0.1) is 0 Å². The largest absolute Gasteiger partial charge is 0.481 e. The van der Waals surface area contributed by atoms with Crippen LogP contribution in [-0.2, 0) is 4.79 Å². The Hall–Kier alpha value is -2.20. The number of anilines is 2. The Kier molecular flexibility index (Phi) is 4.70. The van der Waals surface area contributed by atoms with Crippen molar-refractivity contribution in [1.82, 2.24) is 0 Å². The molecule has 0 fully saturated rings. The van der Waals surface area contributed by atoms with Gasteiger partial charge in [0.15, 0.2) is 6.10 Å². The molecule has 21 heavy (non-hydrogen) atoms. The molecule has 110 valence electrons. The molecule has 1 atom stereocenters. The molecule has 4 nitrogen and oxygen atoms in total. The number of carbonyl (C=O) groups is 1. The Labute approximate surface area is 128 Å². The average Bonchev–Trinajstić information content (AvgIpc) is 2.44. The normalized spacial score (nSPS) is 11.8. The second kappa shape index (κ2) is 6.50. The van der Waals surface area contributed by atoms with Crippen molar-refractivity contribution < 1.29 is 9.53 Å². The summed E-state index contributed by atoms with van der Waals surface area (Å²) in [6.07, 6.45) is -0.648. The van der Waals surface area contributed by atoms with Crippen molar-refractivity contribution in [3.63, 3.8) is 0 Å². The third kappa shape index (κ3) is 3.89. The third-order valence-corrected chi connectivity index (χ3v) is 3.48. The fraction of sp³-hybridized carbons (Fsp3) is 0.188. The fourth-order valence-electron chi connectivity index (χ4n) is 1.82. The molecule has 2 rings (SSSR count). The molecule has 0 aromatic heterocycles. The molecule has 2 aromatic carbocycles. The zero-order valence-corrected chi connectivity index (χ0v) is 12.6. The van der Waals surface area contributed by atoms with Crippen LogP contribution in [0.15, 0.2) is 42.5 Å². The number of nitrogens with two attached hydrogens (primary N) is 1. The molecule has 0 aliphatic carbocycles. The van der Waals surface area contributed by atoms with Crippen LogP contribution in [0, 0.1) is 6.92 Å². The number of amides is 1. The van der Waals surface area contributed by atoms with Gasteiger partial charge in [-0.05, 0) is 43.7 Å². The van der Waals surface area contributed by atoms with Crippen LogP contribution < -0.4 is 15.8 Å². The summed E-state index contributed by atoms with van der Waals surface area (Å²) in [5, 5.41) is 3.41. The summed E-state index contributed by atoms with van der Waals surface area (Å²) in [4.78, 5) is 12.2. The second-order valence-corrected chi connectivity index (χ2v) is 5.14. The standard InChI is InChI=1S/C16H17ClN2O2/c1-10-14(17)7-4-8-15(10)19-16(20)11(2)21-13-6-3-5-12(18)9-13/h3-9,11H,18H2,1-2H3,(H,19,20). The number of nitrogens with one attached hydrogen (secondary N) is 1. The Balaban J connectivity index is 2.04. The minimum Gasteiger partial charge on any atom is -0.481 e. The van der Waals surface area contributed by atoms with Gasteiger partial charge < -0.3 is 15.8 Å². The summed E-state index contributed by atoms with van der Waals surface area (Å²) < 4.78 is 5.57. The van der Waals surface area contributed by atoms with Crippen LogP contribution in [0.25, 0.3) is 0 Å². The number of carbonyl (C=O) groups excluding carboxylic acids is 1. The lowest BCUT2D eigenvalue weighted by atomic mass is 10.2. The molecule has 3 N–H and O–H groups in total. The molecule has 0 saturated heterocycles. The van der Waals surface area contributed by atoms with E-state index in [1.54, 1.807) is 49.4 Å². The van der Waals surface area contributed by atoms with Crippen molar-refractivity contribution in [2.45, 2.75) is 20.0 Å². The summed E-state index contributed by atoms with van der Waals surface area (Å²) in [5.74, 6) is 0.309. The lowest BCUT2D eigenvalue weighted by molar-refractivity contribution is -0.122. The summed E-state index contributed by atoms with van der Waals surface area (Å²) in [7, 11) is 0. The smallest absolute Gasteiger partial charge is 0.265 e. The Morgan fingerprint density at radius 1 is 1.29 bits per heavy atom. The highest BCUT2D eigenvalue weighted by Gasteiger charge is 2.16. The van der Waals surface area contributed by atoms with E-state index in [-0.39, 0.29) is 5.91 Å². The van der Waals surface area contributed by atoms with Crippen LogP contribution in [0.3, 0.4) is 0 Å². The zero-order chi connectivity index (χ0) is 15.4. The van der Waals surface area contributed by atoms with Gasteiger partial charge in [0.2, 0.25) is 0 Å². The first kappa shape index (κ1) is 15.2. The van der Waals surface area contributed by atoms with Gasteiger partial charge in [-0.2, -0.15) is 0 Å². The lowest BCUT2D eigenvalue weighted by Crippen LogP contribution is -2.30. The van der Waals surface area contributed by atoms with E-state index in [1.807, 2.05) is 6.92 Å². The Bertz CT molecular complexity index is 658. The van der Waals surface area contributed by atoms with E-state index in [0.29, 0.717) is 22.1 Å². The van der Waals surface area contributed by atoms with E-state index in [1.165, 1.54) is 0 Å². The van der Waals surface area contributed by atoms with Crippen molar-refractivity contribution in [2.75, 3.05) is 11.1 Å². The van der Waals surface area contributed by atoms with Gasteiger partial charge in [0.1, 0.15) is 5.75 Å². The van der Waals surface area contributed by atoms with Crippen LogP contribution in [0.5, 0.6) is 5.75 Å². The molecule has 0 spiro atoms. The predicted molar refractivity (Wildman–Crippen MR) is 85.8 cm³/mol. The maximum atomic E-state index is 12.2. The molecule has 0 heterocycles. The number of hydrogen-bond acceptors (Lipinski definition) is 3. The van der Waals surface area contributed by atoms with E-state index in [9.17, 15) is 4.79 Å². The highest BCUT2D eigenvalue weighted by molar-refractivity contribution is 6.31. The third-order valence-electron chi connectivity index (χ3n) is 3.07. The molecule has 1 unspecified atom stereocenters. The van der Waals surface area contributed by atoms with Crippen molar-refractivity contribution in [1.29, 1.82) is 0 Å². The maximum Gasteiger partial charge on any atom is 0.265 e. The van der Waals surface area contributed by atoms with Crippen molar-refractivity contribution >= 4 is 28.9 Å². The van der Waals surface area contributed by atoms with Gasteiger partial charge in [0.25, 0.3) is 5.91 Å². The van der Waals surface area contributed by atoms with Crippen molar-refractivity contribution in [3.05, 3.63) is 53.1 Å². The van der Waals surface area contributed by atoms with E-state index < -0.39 is 6.10 Å². The summed E-state index contributed by atoms with van der Waals surface area (Å²) >= 11 is 6.03. The van der Waals surface area contributed by atoms with Crippen molar-refractivity contribution in [3.8, 4) is 5.75 Å². The van der Waals surface area contributed by atoms with Crippen LogP contribution in [0.2, 0.25) is 5.02 Å². The van der Waals surface area contributed by atoms with E-state index >= 15 is 0 Å². The fourth-order valence-corrected chi connectivity index (χ4v) is 2.00. The minimum absolute atomic E-state index is 0.247. The van der Waals surface area contributed by atoms with Gasteiger partial charge in [-0.25, -0.2) is 0 Å². The van der Waals surface area contributed by atoms with Gasteiger partial charge in [0, 0.05) is 22.5 Å². The number of hydrogen-bond donors (Lipinski definition) is 2. The number of nitrogen functional groups attached to an aromatic ring is 1. The monoisotopic (exact) mass is 304 g/mol. The number of halogens is 1. The molecule has 0 radical (unpaired) electrons. The molecular weight excluding hydrogens is 288 g/mol. The predicted octanol–water partition coefficient (Wildman–Crippen LogP) is 3.64. The summed E-state index contributed by atoms with van der Waals surface area (Å²) in [5.41, 5.74) is 7.76. The first-order valence-electron chi connectivity index (χ1n) is 6.55. The Morgan fingerprint density at radius 3 is 2.71 bits per heavy atom. The minimum atomic E-state index is -0.648. The van der Waals surface area contributed by atoms with Gasteiger partial charge in [-0.1, -0.05) is 23.7 Å². The van der Waals surface area contributed by atoms with Gasteiger partial charge >= 0.3 is 0 Å². The van der Waals surface area contributed by atoms with Gasteiger partial charge in [-0.15, -0.1) is 0 Å². The highest BCUT2D eigenvalue weighted by Crippen LogP contribution is 2.23.